The Morgan fingerprint density at radius 2 is 1.49 bits per heavy atom. The summed E-state index contributed by atoms with van der Waals surface area (Å²) in [5.74, 6) is 1.87. The number of aromatic nitrogens is 3. The van der Waals surface area contributed by atoms with Crippen molar-refractivity contribution >= 4 is 33.7 Å². The topological polar surface area (TPSA) is 90.3 Å². The summed E-state index contributed by atoms with van der Waals surface area (Å²) >= 11 is 0. The lowest BCUT2D eigenvalue weighted by Gasteiger charge is -2.22. The van der Waals surface area contributed by atoms with Crippen molar-refractivity contribution in [2.24, 2.45) is 0 Å². The van der Waals surface area contributed by atoms with E-state index in [0.717, 1.165) is 46.4 Å². The quantitative estimate of drug-likeness (QED) is 0.0972. The second kappa shape index (κ2) is 20.4. The zero-order chi connectivity index (χ0) is 32.3. The number of carbonyl (C=O) groups excluding carboxylic acids is 1. The number of rotatable bonds is 24. The van der Waals surface area contributed by atoms with E-state index < -0.39 is 0 Å². The molecule has 0 saturated carbocycles. The van der Waals surface area contributed by atoms with Gasteiger partial charge in [0.1, 0.15) is 11.3 Å². The molecular formula is C37H61N5O3. The van der Waals surface area contributed by atoms with Gasteiger partial charge in [-0.3, -0.25) is 4.79 Å². The van der Waals surface area contributed by atoms with Gasteiger partial charge >= 0.3 is 0 Å². The van der Waals surface area contributed by atoms with Crippen LogP contribution in [0, 0.1) is 0 Å². The average molecular weight is 624 g/mol. The minimum absolute atomic E-state index is 0.127. The van der Waals surface area contributed by atoms with E-state index in [4.69, 9.17) is 19.4 Å². The Labute approximate surface area is 272 Å². The summed E-state index contributed by atoms with van der Waals surface area (Å²) in [5.41, 5.74) is 2.71. The summed E-state index contributed by atoms with van der Waals surface area (Å²) in [7, 11) is 1.71. The first-order valence-electron chi connectivity index (χ1n) is 17.7. The van der Waals surface area contributed by atoms with Crippen molar-refractivity contribution in [3.05, 3.63) is 30.1 Å². The summed E-state index contributed by atoms with van der Waals surface area (Å²) in [4.78, 5) is 22.3. The Morgan fingerprint density at radius 3 is 2.13 bits per heavy atom. The van der Waals surface area contributed by atoms with Gasteiger partial charge in [-0.25, -0.2) is 9.97 Å². The molecule has 3 aromatic rings. The van der Waals surface area contributed by atoms with E-state index in [-0.39, 0.29) is 11.4 Å². The van der Waals surface area contributed by atoms with E-state index in [2.05, 4.69) is 49.0 Å². The average Bonchev–Trinajstić information content (AvgIpc) is 3.38. The first-order valence-corrected chi connectivity index (χ1v) is 17.7. The molecule has 0 aliphatic rings. The second-order valence-corrected chi connectivity index (χ2v) is 13.4. The van der Waals surface area contributed by atoms with Crippen LogP contribution in [0.4, 0.5) is 5.82 Å². The van der Waals surface area contributed by atoms with Crippen LogP contribution in [0.25, 0.3) is 21.9 Å². The molecule has 8 heteroatoms. The first kappa shape index (κ1) is 36.8. The SMILES string of the molecule is CCCCCCCCCCCCCCCC(=O)NCCOCCn1c(CCOC)nc2c(NC(C)(C)C)nc3ccccc3c21. The molecule has 8 nitrogen and oxygen atoms in total. The number of ether oxygens (including phenoxy) is 2. The number of anilines is 1. The number of unbranched alkanes of at least 4 members (excludes halogenated alkanes) is 12. The minimum Gasteiger partial charge on any atom is -0.384 e. The van der Waals surface area contributed by atoms with Crippen molar-refractivity contribution in [2.75, 3.05) is 38.8 Å². The Morgan fingerprint density at radius 1 is 0.844 bits per heavy atom. The number of carbonyl (C=O) groups is 1. The summed E-state index contributed by atoms with van der Waals surface area (Å²) in [6.45, 7) is 11.5. The maximum atomic E-state index is 12.3. The Bertz CT molecular complexity index is 1270. The van der Waals surface area contributed by atoms with Gasteiger partial charge in [0.2, 0.25) is 5.91 Å². The number of nitrogens with zero attached hydrogens (tertiary/aromatic N) is 3. The van der Waals surface area contributed by atoms with Crippen LogP contribution in [0.15, 0.2) is 24.3 Å². The highest BCUT2D eigenvalue weighted by Gasteiger charge is 2.21. The molecular weight excluding hydrogens is 562 g/mol. The minimum atomic E-state index is -0.154. The Hall–Kier alpha value is -2.71. The van der Waals surface area contributed by atoms with Crippen molar-refractivity contribution in [3.8, 4) is 0 Å². The first-order chi connectivity index (χ1) is 21.8. The third-order valence-corrected chi connectivity index (χ3v) is 8.22. The molecule has 2 aromatic heterocycles. The van der Waals surface area contributed by atoms with E-state index in [1.807, 2.05) is 18.2 Å². The van der Waals surface area contributed by atoms with Crippen molar-refractivity contribution in [2.45, 2.75) is 136 Å². The number of para-hydroxylation sites is 1. The van der Waals surface area contributed by atoms with Crippen molar-refractivity contribution < 1.29 is 14.3 Å². The van der Waals surface area contributed by atoms with Crippen LogP contribution in [-0.4, -0.2) is 59.5 Å². The molecule has 0 saturated heterocycles. The molecule has 252 valence electrons. The zero-order valence-corrected chi connectivity index (χ0v) is 29.0. The predicted molar refractivity (Wildman–Crippen MR) is 188 cm³/mol. The van der Waals surface area contributed by atoms with Gasteiger partial charge in [0.25, 0.3) is 0 Å². The normalized spacial score (nSPS) is 11.9. The maximum absolute atomic E-state index is 12.3. The number of methoxy groups -OCH3 is 1. The van der Waals surface area contributed by atoms with Gasteiger partial charge in [0.05, 0.1) is 30.9 Å². The summed E-state index contributed by atoms with van der Waals surface area (Å²) in [5, 5.41) is 7.66. The molecule has 0 aliphatic carbocycles. The van der Waals surface area contributed by atoms with E-state index in [9.17, 15) is 4.79 Å². The summed E-state index contributed by atoms with van der Waals surface area (Å²) < 4.78 is 13.6. The Balaban J connectivity index is 1.38. The van der Waals surface area contributed by atoms with Gasteiger partial charge in [-0.1, -0.05) is 102 Å². The highest BCUT2D eigenvalue weighted by molar-refractivity contribution is 6.07. The molecule has 0 fully saturated rings. The van der Waals surface area contributed by atoms with Gasteiger partial charge in [0.15, 0.2) is 5.82 Å². The number of amides is 1. The lowest BCUT2D eigenvalue weighted by molar-refractivity contribution is -0.121. The number of hydrogen-bond acceptors (Lipinski definition) is 6. The fourth-order valence-electron chi connectivity index (χ4n) is 5.86. The third kappa shape index (κ3) is 13.3. The fraction of sp³-hybridized carbons (Fsp3) is 0.703. The van der Waals surface area contributed by atoms with Gasteiger partial charge in [-0.05, 0) is 33.3 Å². The molecule has 0 bridgehead atoms. The number of pyridine rings is 1. The highest BCUT2D eigenvalue weighted by Crippen LogP contribution is 2.31. The summed E-state index contributed by atoms with van der Waals surface area (Å²) in [6, 6.07) is 8.22. The molecule has 3 rings (SSSR count). The van der Waals surface area contributed by atoms with Crippen LogP contribution >= 0.6 is 0 Å². The van der Waals surface area contributed by atoms with E-state index in [1.54, 1.807) is 7.11 Å². The Kier molecular flexibility index (Phi) is 16.7. The van der Waals surface area contributed by atoms with Crippen LogP contribution < -0.4 is 10.6 Å². The van der Waals surface area contributed by atoms with E-state index >= 15 is 0 Å². The van der Waals surface area contributed by atoms with Gasteiger partial charge in [-0.15, -0.1) is 0 Å². The number of benzene rings is 1. The highest BCUT2D eigenvalue weighted by atomic mass is 16.5. The third-order valence-electron chi connectivity index (χ3n) is 8.22. The molecule has 0 unspecified atom stereocenters. The number of imidazole rings is 1. The van der Waals surface area contributed by atoms with Crippen LogP contribution in [0.3, 0.4) is 0 Å². The lowest BCUT2D eigenvalue weighted by atomic mass is 10.0. The van der Waals surface area contributed by atoms with Crippen LogP contribution in [0.2, 0.25) is 0 Å². The zero-order valence-electron chi connectivity index (χ0n) is 29.0. The largest absolute Gasteiger partial charge is 0.384 e. The number of hydrogen-bond donors (Lipinski definition) is 2. The summed E-state index contributed by atoms with van der Waals surface area (Å²) in [6.07, 6.45) is 18.4. The molecule has 45 heavy (non-hydrogen) atoms. The van der Waals surface area contributed by atoms with Crippen molar-refractivity contribution in [1.82, 2.24) is 19.9 Å². The monoisotopic (exact) mass is 623 g/mol. The van der Waals surface area contributed by atoms with Crippen molar-refractivity contribution in [1.29, 1.82) is 0 Å². The van der Waals surface area contributed by atoms with E-state index in [0.29, 0.717) is 45.8 Å². The predicted octanol–water partition coefficient (Wildman–Crippen LogP) is 8.60. The molecule has 0 atom stereocenters. The molecule has 1 aromatic carbocycles. The van der Waals surface area contributed by atoms with Gasteiger partial charge in [-0.2, -0.15) is 0 Å². The van der Waals surface area contributed by atoms with Crippen LogP contribution in [0.1, 0.15) is 123 Å². The standard InChI is InChI=1S/C37H61N5O3/c1-6-7-8-9-10-11-12-13-14-15-16-17-18-23-33(43)38-25-28-45-29-26-42-32(24-27-44-5)40-34-35(42)30-21-19-20-22-31(30)39-36(34)41-37(2,3)4/h19-22H,6-18,23-29H2,1-5H3,(H,38,43)(H,39,41). The van der Waals surface area contributed by atoms with Crippen LogP contribution in [0.5, 0.6) is 0 Å². The second-order valence-electron chi connectivity index (χ2n) is 13.4. The molecule has 0 aliphatic heterocycles. The molecule has 1 amide bonds. The number of nitrogens with one attached hydrogen (secondary N) is 2. The van der Waals surface area contributed by atoms with Crippen LogP contribution in [-0.2, 0) is 27.2 Å². The smallest absolute Gasteiger partial charge is 0.220 e. The molecule has 0 spiro atoms. The van der Waals surface area contributed by atoms with Gasteiger partial charge < -0.3 is 24.7 Å². The fourth-order valence-corrected chi connectivity index (χ4v) is 5.86. The van der Waals surface area contributed by atoms with Gasteiger partial charge in [0, 0.05) is 44.0 Å². The van der Waals surface area contributed by atoms with Crippen molar-refractivity contribution in [3.63, 3.8) is 0 Å². The molecule has 2 N–H and O–H groups in total. The lowest BCUT2D eigenvalue weighted by Crippen LogP contribution is -2.27. The molecule has 0 radical (unpaired) electrons. The molecule has 2 heterocycles. The van der Waals surface area contributed by atoms with E-state index in [1.165, 1.54) is 70.6 Å². The maximum Gasteiger partial charge on any atom is 0.220 e. The number of fused-ring (bicyclic) bond motifs is 3.